The lowest BCUT2D eigenvalue weighted by atomic mass is 9.89. The van der Waals surface area contributed by atoms with Gasteiger partial charge in [0.25, 0.3) is 0 Å². The largest absolute Gasteiger partial charge is 0.254 e. The number of pyridine rings is 2. The predicted octanol–water partition coefficient (Wildman–Crippen LogP) is 9.43. The molecule has 0 aliphatic carbocycles. The van der Waals surface area contributed by atoms with Crippen molar-refractivity contribution >= 4 is 54.1 Å². The van der Waals surface area contributed by atoms with Crippen LogP contribution in [-0.4, -0.2) is 24.9 Å². The number of hydrogen-bond donors (Lipinski definition) is 0. The summed E-state index contributed by atoms with van der Waals surface area (Å²) in [6.07, 6.45) is 1.84. The Bertz CT molecular complexity index is 2490. The molecule has 5 heteroatoms. The fourth-order valence-electron chi connectivity index (χ4n) is 6.39. The molecule has 0 N–H and O–H groups in total. The third-order valence-corrected chi connectivity index (χ3v) is 8.33. The molecule has 9 rings (SSSR count). The van der Waals surface area contributed by atoms with E-state index < -0.39 is 0 Å². The molecule has 0 bridgehead atoms. The van der Waals surface area contributed by atoms with Crippen LogP contribution in [0.3, 0.4) is 0 Å². The molecule has 0 saturated heterocycles. The van der Waals surface area contributed by atoms with Gasteiger partial charge >= 0.3 is 0 Å². The first-order chi connectivity index (χ1) is 21.8. The molecule has 44 heavy (non-hydrogen) atoms. The van der Waals surface area contributed by atoms with Crippen LogP contribution in [0.5, 0.6) is 0 Å². The SMILES string of the molecule is c1ccc(-c2nc(-c3ccccc3)nc(-c3ccc4c(n3)c3ncccc3c3c5ccccc5c5ccccc5c43)n2)cc1. The Morgan fingerprint density at radius 3 is 1.39 bits per heavy atom. The van der Waals surface area contributed by atoms with Crippen molar-refractivity contribution in [3.8, 4) is 34.3 Å². The van der Waals surface area contributed by atoms with Crippen LogP contribution in [0.1, 0.15) is 0 Å². The van der Waals surface area contributed by atoms with E-state index in [1.54, 1.807) is 0 Å². The fourth-order valence-corrected chi connectivity index (χ4v) is 6.39. The summed E-state index contributed by atoms with van der Waals surface area (Å²) in [4.78, 5) is 24.9. The molecule has 0 unspecified atom stereocenters. The topological polar surface area (TPSA) is 64.5 Å². The zero-order chi connectivity index (χ0) is 29.0. The van der Waals surface area contributed by atoms with E-state index in [4.69, 9.17) is 24.9 Å². The summed E-state index contributed by atoms with van der Waals surface area (Å²) >= 11 is 0. The zero-order valence-electron chi connectivity index (χ0n) is 23.5. The first-order valence-corrected chi connectivity index (χ1v) is 14.6. The van der Waals surface area contributed by atoms with Crippen LogP contribution in [0.4, 0.5) is 0 Å². The van der Waals surface area contributed by atoms with Crippen LogP contribution in [0.2, 0.25) is 0 Å². The van der Waals surface area contributed by atoms with Gasteiger partial charge in [-0.15, -0.1) is 0 Å². The zero-order valence-corrected chi connectivity index (χ0v) is 23.5. The fraction of sp³-hybridized carbons (Fsp3) is 0. The van der Waals surface area contributed by atoms with E-state index in [0.717, 1.165) is 32.9 Å². The maximum atomic E-state index is 5.26. The molecule has 0 spiro atoms. The molecular weight excluding hydrogens is 538 g/mol. The summed E-state index contributed by atoms with van der Waals surface area (Å²) in [5.74, 6) is 1.73. The summed E-state index contributed by atoms with van der Waals surface area (Å²) < 4.78 is 0. The molecule has 0 radical (unpaired) electrons. The van der Waals surface area contributed by atoms with Gasteiger partial charge in [0, 0.05) is 38.9 Å². The Morgan fingerprint density at radius 1 is 0.318 bits per heavy atom. The second kappa shape index (κ2) is 9.75. The van der Waals surface area contributed by atoms with Gasteiger partial charge in [0.2, 0.25) is 0 Å². The number of aromatic nitrogens is 5. The van der Waals surface area contributed by atoms with Crippen molar-refractivity contribution in [1.82, 2.24) is 24.9 Å². The second-order valence-electron chi connectivity index (χ2n) is 10.9. The van der Waals surface area contributed by atoms with Crippen molar-refractivity contribution < 1.29 is 0 Å². The maximum absolute atomic E-state index is 5.26. The van der Waals surface area contributed by atoms with Gasteiger partial charge in [-0.25, -0.2) is 19.9 Å². The highest BCUT2D eigenvalue weighted by Crippen LogP contribution is 2.43. The van der Waals surface area contributed by atoms with E-state index in [1.165, 1.54) is 32.3 Å². The summed E-state index contributed by atoms with van der Waals surface area (Å²) in [6, 6.07) is 45.6. The predicted molar refractivity (Wildman–Crippen MR) is 179 cm³/mol. The lowest BCUT2D eigenvalue weighted by molar-refractivity contribution is 1.06. The van der Waals surface area contributed by atoms with E-state index in [1.807, 2.05) is 79.0 Å². The maximum Gasteiger partial charge on any atom is 0.182 e. The lowest BCUT2D eigenvalue weighted by Crippen LogP contribution is -2.01. The molecule has 0 aliphatic heterocycles. The van der Waals surface area contributed by atoms with Crippen molar-refractivity contribution in [1.29, 1.82) is 0 Å². The molecule has 5 nitrogen and oxygen atoms in total. The number of nitrogens with zero attached hydrogens (tertiary/aromatic N) is 5. The molecule has 0 saturated carbocycles. The third kappa shape index (κ3) is 3.76. The quantitative estimate of drug-likeness (QED) is 0.201. The summed E-state index contributed by atoms with van der Waals surface area (Å²) in [7, 11) is 0. The van der Waals surface area contributed by atoms with Crippen molar-refractivity contribution in [2.75, 3.05) is 0 Å². The minimum atomic E-state index is 0.521. The molecule has 3 aromatic heterocycles. The van der Waals surface area contributed by atoms with Gasteiger partial charge in [0.15, 0.2) is 17.5 Å². The Kier molecular flexibility index (Phi) is 5.43. The van der Waals surface area contributed by atoms with Crippen molar-refractivity contribution in [2.45, 2.75) is 0 Å². The molecule has 0 atom stereocenters. The average Bonchev–Trinajstić information content (AvgIpc) is 3.12. The Balaban J connectivity index is 1.38. The van der Waals surface area contributed by atoms with Crippen LogP contribution >= 0.6 is 0 Å². The molecule has 6 aromatic carbocycles. The van der Waals surface area contributed by atoms with E-state index in [2.05, 4.69) is 60.7 Å². The minimum absolute atomic E-state index is 0.521. The van der Waals surface area contributed by atoms with Gasteiger partial charge in [0.1, 0.15) is 5.69 Å². The van der Waals surface area contributed by atoms with Gasteiger partial charge in [-0.3, -0.25) is 4.98 Å². The van der Waals surface area contributed by atoms with E-state index in [0.29, 0.717) is 23.2 Å². The Labute approximate surface area is 252 Å². The van der Waals surface area contributed by atoms with E-state index >= 15 is 0 Å². The molecule has 204 valence electrons. The second-order valence-corrected chi connectivity index (χ2v) is 10.9. The summed E-state index contributed by atoms with van der Waals surface area (Å²) in [5, 5.41) is 9.37. The standard InChI is InChI=1S/C39H23N5/c1-3-12-24(13-4-1)37-42-38(25-14-5-2-6-15-25)44-39(43-37)32-22-21-31-34-29-19-10-8-17-27(29)26-16-7-9-18-28(26)33(34)30-20-11-23-40-35(30)36(31)41-32/h1-23H. The highest BCUT2D eigenvalue weighted by atomic mass is 15.0. The molecule has 0 aliphatic rings. The molecule has 0 amide bonds. The minimum Gasteiger partial charge on any atom is -0.254 e. The van der Waals surface area contributed by atoms with E-state index in [-0.39, 0.29) is 0 Å². The third-order valence-electron chi connectivity index (χ3n) is 8.33. The van der Waals surface area contributed by atoms with Gasteiger partial charge in [0.05, 0.1) is 11.0 Å². The normalized spacial score (nSPS) is 11.6. The summed E-state index contributed by atoms with van der Waals surface area (Å²) in [6.45, 7) is 0. The molecule has 3 heterocycles. The van der Waals surface area contributed by atoms with Crippen LogP contribution in [0, 0.1) is 0 Å². The Morgan fingerprint density at radius 2 is 0.795 bits per heavy atom. The van der Waals surface area contributed by atoms with Crippen LogP contribution in [-0.2, 0) is 0 Å². The van der Waals surface area contributed by atoms with Gasteiger partial charge in [-0.2, -0.15) is 0 Å². The van der Waals surface area contributed by atoms with Gasteiger partial charge < -0.3 is 0 Å². The van der Waals surface area contributed by atoms with Gasteiger partial charge in [-0.05, 0) is 39.7 Å². The highest BCUT2D eigenvalue weighted by Gasteiger charge is 2.19. The van der Waals surface area contributed by atoms with E-state index in [9.17, 15) is 0 Å². The number of hydrogen-bond acceptors (Lipinski definition) is 5. The Hall–Kier alpha value is -6.07. The first kappa shape index (κ1) is 24.5. The van der Waals surface area contributed by atoms with Crippen molar-refractivity contribution in [3.63, 3.8) is 0 Å². The highest BCUT2D eigenvalue weighted by molar-refractivity contribution is 6.38. The van der Waals surface area contributed by atoms with Gasteiger partial charge in [-0.1, -0.05) is 115 Å². The number of fused-ring (bicyclic) bond motifs is 11. The lowest BCUT2D eigenvalue weighted by Gasteiger charge is -2.16. The molecule has 0 fully saturated rings. The van der Waals surface area contributed by atoms with Crippen molar-refractivity contribution in [2.24, 2.45) is 0 Å². The number of benzene rings is 6. The monoisotopic (exact) mass is 561 g/mol. The smallest absolute Gasteiger partial charge is 0.182 e. The average molecular weight is 562 g/mol. The first-order valence-electron chi connectivity index (χ1n) is 14.6. The number of rotatable bonds is 3. The summed E-state index contributed by atoms with van der Waals surface area (Å²) in [5.41, 5.74) is 4.20. The van der Waals surface area contributed by atoms with Crippen molar-refractivity contribution in [3.05, 3.63) is 140 Å². The van der Waals surface area contributed by atoms with Crippen LogP contribution in [0.25, 0.3) is 88.4 Å². The van der Waals surface area contributed by atoms with Crippen LogP contribution in [0.15, 0.2) is 140 Å². The molecule has 9 aromatic rings. The molecular formula is C39H23N5. The van der Waals surface area contributed by atoms with Crippen LogP contribution < -0.4 is 0 Å².